The summed E-state index contributed by atoms with van der Waals surface area (Å²) >= 11 is 0. The second kappa shape index (κ2) is 6.37. The Labute approximate surface area is 135 Å². The Balaban J connectivity index is 1.49. The van der Waals surface area contributed by atoms with Crippen molar-refractivity contribution in [2.24, 2.45) is 0 Å². The van der Waals surface area contributed by atoms with Gasteiger partial charge in [0.1, 0.15) is 24.1 Å². The molecular weight excluding hydrogens is 299 g/mol. The van der Waals surface area contributed by atoms with Gasteiger partial charge in [-0.3, -0.25) is 4.90 Å². The number of rotatable bonds is 4. The number of anilines is 1. The van der Waals surface area contributed by atoms with Crippen molar-refractivity contribution < 1.29 is 19.0 Å². The van der Waals surface area contributed by atoms with E-state index in [1.807, 2.05) is 18.7 Å². The van der Waals surface area contributed by atoms with Gasteiger partial charge in [0, 0.05) is 52.1 Å². The van der Waals surface area contributed by atoms with Crippen molar-refractivity contribution in [3.63, 3.8) is 0 Å². The van der Waals surface area contributed by atoms with Gasteiger partial charge in [0.05, 0.1) is 0 Å². The van der Waals surface area contributed by atoms with Crippen LogP contribution in [0.15, 0.2) is 36.3 Å². The van der Waals surface area contributed by atoms with Gasteiger partial charge in [0.15, 0.2) is 0 Å². The number of piperazine rings is 1. The molecule has 1 N–H and O–H groups in total. The standard InChI is InChI=1S/C17H23FN2O3/c1-17(2)22-12-15(23-17)11-16(21)20-9-7-19(8-10-20)14-5-3-13(18)4-6-14/h3-6,12,16,21H,7-11H2,1-2H3/t16-/m0/s1. The van der Waals surface area contributed by atoms with E-state index in [4.69, 9.17) is 9.47 Å². The van der Waals surface area contributed by atoms with Crippen LogP contribution in [0.3, 0.4) is 0 Å². The molecule has 1 saturated heterocycles. The van der Waals surface area contributed by atoms with E-state index >= 15 is 0 Å². The van der Waals surface area contributed by atoms with Crippen molar-refractivity contribution in [1.29, 1.82) is 0 Å². The quantitative estimate of drug-likeness (QED) is 0.921. The Kier molecular flexibility index (Phi) is 4.46. The van der Waals surface area contributed by atoms with Gasteiger partial charge < -0.3 is 19.5 Å². The summed E-state index contributed by atoms with van der Waals surface area (Å²) < 4.78 is 24.0. The smallest absolute Gasteiger partial charge is 0.244 e. The fourth-order valence-corrected chi connectivity index (χ4v) is 2.90. The highest BCUT2D eigenvalue weighted by Gasteiger charge is 2.30. The van der Waals surface area contributed by atoms with Crippen LogP contribution in [0.25, 0.3) is 0 Å². The molecule has 23 heavy (non-hydrogen) atoms. The van der Waals surface area contributed by atoms with Crippen molar-refractivity contribution in [3.05, 3.63) is 42.1 Å². The summed E-state index contributed by atoms with van der Waals surface area (Å²) in [7, 11) is 0. The topological polar surface area (TPSA) is 45.2 Å². The van der Waals surface area contributed by atoms with Crippen LogP contribution in [0.5, 0.6) is 0 Å². The highest BCUT2D eigenvalue weighted by Crippen LogP contribution is 2.28. The molecule has 6 heteroatoms. The van der Waals surface area contributed by atoms with E-state index in [1.165, 1.54) is 12.1 Å². The Morgan fingerprint density at radius 2 is 1.83 bits per heavy atom. The van der Waals surface area contributed by atoms with Crippen LogP contribution in [-0.4, -0.2) is 48.2 Å². The van der Waals surface area contributed by atoms with Crippen LogP contribution in [0.4, 0.5) is 10.1 Å². The largest absolute Gasteiger partial charge is 0.457 e. The van der Waals surface area contributed by atoms with Gasteiger partial charge in [-0.1, -0.05) is 0 Å². The number of nitrogens with zero attached hydrogens (tertiary/aromatic N) is 2. The molecule has 0 saturated carbocycles. The van der Waals surface area contributed by atoms with E-state index in [-0.39, 0.29) is 5.82 Å². The SMILES string of the molecule is CC1(C)OC=C(C[C@H](O)N2CCN(c3ccc(F)cc3)CC2)O1. The highest BCUT2D eigenvalue weighted by atomic mass is 19.1. The summed E-state index contributed by atoms with van der Waals surface area (Å²) in [5.74, 6) is -0.197. The summed E-state index contributed by atoms with van der Waals surface area (Å²) in [6.45, 7) is 6.76. The van der Waals surface area contributed by atoms with E-state index in [0.29, 0.717) is 12.2 Å². The first-order valence-electron chi connectivity index (χ1n) is 7.91. The van der Waals surface area contributed by atoms with E-state index in [0.717, 1.165) is 31.9 Å². The molecule has 3 rings (SSSR count). The second-order valence-electron chi connectivity index (χ2n) is 6.39. The average Bonchev–Trinajstić information content (AvgIpc) is 2.87. The first kappa shape index (κ1) is 16.1. The fraction of sp³-hybridized carbons (Fsp3) is 0.529. The maximum absolute atomic E-state index is 13.0. The molecule has 0 unspecified atom stereocenters. The zero-order valence-corrected chi connectivity index (χ0v) is 13.5. The lowest BCUT2D eigenvalue weighted by molar-refractivity contribution is -0.122. The summed E-state index contributed by atoms with van der Waals surface area (Å²) in [6.07, 6.45) is 1.41. The molecule has 126 valence electrons. The van der Waals surface area contributed by atoms with E-state index in [9.17, 15) is 9.50 Å². The maximum Gasteiger partial charge on any atom is 0.244 e. The van der Waals surface area contributed by atoms with E-state index < -0.39 is 12.0 Å². The zero-order chi connectivity index (χ0) is 16.4. The lowest BCUT2D eigenvalue weighted by Crippen LogP contribution is -2.50. The van der Waals surface area contributed by atoms with Gasteiger partial charge in [-0.25, -0.2) is 4.39 Å². The Bertz CT molecular complexity index is 566. The van der Waals surface area contributed by atoms with Gasteiger partial charge in [-0.2, -0.15) is 0 Å². The molecule has 2 heterocycles. The molecule has 2 aliphatic heterocycles. The third-order valence-corrected chi connectivity index (χ3v) is 4.16. The molecule has 1 aromatic carbocycles. The second-order valence-corrected chi connectivity index (χ2v) is 6.39. The molecular formula is C17H23FN2O3. The van der Waals surface area contributed by atoms with Crippen molar-refractivity contribution in [2.45, 2.75) is 32.3 Å². The fourth-order valence-electron chi connectivity index (χ4n) is 2.90. The van der Waals surface area contributed by atoms with Crippen molar-refractivity contribution in [1.82, 2.24) is 4.90 Å². The van der Waals surface area contributed by atoms with Crippen LogP contribution in [0.2, 0.25) is 0 Å². The third-order valence-electron chi connectivity index (χ3n) is 4.16. The minimum absolute atomic E-state index is 0.224. The van der Waals surface area contributed by atoms with Crippen molar-refractivity contribution in [3.8, 4) is 0 Å². The average molecular weight is 322 g/mol. The lowest BCUT2D eigenvalue weighted by Gasteiger charge is -2.38. The first-order chi connectivity index (χ1) is 10.9. The molecule has 0 aliphatic carbocycles. The molecule has 0 amide bonds. The van der Waals surface area contributed by atoms with Crippen LogP contribution in [0, 0.1) is 5.82 Å². The molecule has 0 spiro atoms. The van der Waals surface area contributed by atoms with Gasteiger partial charge >= 0.3 is 0 Å². The lowest BCUT2D eigenvalue weighted by atomic mass is 10.2. The number of hydrogen-bond donors (Lipinski definition) is 1. The van der Waals surface area contributed by atoms with Gasteiger partial charge in [-0.05, 0) is 24.3 Å². The minimum atomic E-state index is -0.643. The molecule has 5 nitrogen and oxygen atoms in total. The van der Waals surface area contributed by atoms with Gasteiger partial charge in [0.25, 0.3) is 0 Å². The van der Waals surface area contributed by atoms with Crippen molar-refractivity contribution >= 4 is 5.69 Å². The summed E-state index contributed by atoms with van der Waals surface area (Å²) in [5.41, 5.74) is 1.01. The molecule has 0 radical (unpaired) electrons. The van der Waals surface area contributed by atoms with Gasteiger partial charge in [-0.15, -0.1) is 0 Å². The predicted molar refractivity (Wildman–Crippen MR) is 85.1 cm³/mol. The number of hydrogen-bond acceptors (Lipinski definition) is 5. The number of halogens is 1. The highest BCUT2D eigenvalue weighted by molar-refractivity contribution is 5.46. The van der Waals surface area contributed by atoms with Crippen LogP contribution in [-0.2, 0) is 9.47 Å². The minimum Gasteiger partial charge on any atom is -0.457 e. The summed E-state index contributed by atoms with van der Waals surface area (Å²) in [5, 5.41) is 10.4. The molecule has 1 atom stereocenters. The zero-order valence-electron chi connectivity index (χ0n) is 13.5. The Morgan fingerprint density at radius 3 is 2.39 bits per heavy atom. The van der Waals surface area contributed by atoms with E-state index in [1.54, 1.807) is 18.4 Å². The number of aliphatic hydroxyl groups is 1. The van der Waals surface area contributed by atoms with Crippen LogP contribution < -0.4 is 4.90 Å². The number of benzene rings is 1. The predicted octanol–water partition coefficient (Wildman–Crippen LogP) is 2.28. The van der Waals surface area contributed by atoms with Gasteiger partial charge in [0.2, 0.25) is 5.79 Å². The maximum atomic E-state index is 13.0. The third kappa shape index (κ3) is 3.95. The first-order valence-corrected chi connectivity index (χ1v) is 7.91. The normalized spacial score (nSPS) is 22.3. The Hall–Kier alpha value is -1.79. The monoisotopic (exact) mass is 322 g/mol. The van der Waals surface area contributed by atoms with Crippen LogP contribution >= 0.6 is 0 Å². The molecule has 0 bridgehead atoms. The molecule has 1 fully saturated rings. The summed E-state index contributed by atoms with van der Waals surface area (Å²) in [4.78, 5) is 4.22. The molecule has 1 aromatic rings. The number of aliphatic hydroxyl groups excluding tert-OH is 1. The van der Waals surface area contributed by atoms with E-state index in [2.05, 4.69) is 4.90 Å². The Morgan fingerprint density at radius 1 is 1.17 bits per heavy atom. The number of ether oxygens (including phenoxy) is 2. The molecule has 2 aliphatic rings. The summed E-state index contributed by atoms with van der Waals surface area (Å²) in [6, 6.07) is 6.53. The van der Waals surface area contributed by atoms with Crippen LogP contribution in [0.1, 0.15) is 20.3 Å². The molecule has 0 aromatic heterocycles. The van der Waals surface area contributed by atoms with Crippen molar-refractivity contribution in [2.75, 3.05) is 31.1 Å².